The molecule has 0 aliphatic heterocycles. The summed E-state index contributed by atoms with van der Waals surface area (Å²) < 4.78 is 10.8. The van der Waals surface area contributed by atoms with Crippen molar-refractivity contribution in [2.45, 2.75) is 39.3 Å². The normalized spacial score (nSPS) is 14.4. The van der Waals surface area contributed by atoms with E-state index < -0.39 is 0 Å². The summed E-state index contributed by atoms with van der Waals surface area (Å²) in [6.45, 7) is 6.94. The molecule has 0 heterocycles. The number of rotatable bonds is 8. The summed E-state index contributed by atoms with van der Waals surface area (Å²) in [4.78, 5) is 0. The Labute approximate surface area is 116 Å². The first-order chi connectivity index (χ1) is 9.08. The van der Waals surface area contributed by atoms with E-state index in [2.05, 4.69) is 18.4 Å². The molecule has 1 aromatic carbocycles. The van der Waals surface area contributed by atoms with Crippen LogP contribution >= 0.6 is 0 Å². The van der Waals surface area contributed by atoms with E-state index in [-0.39, 0.29) is 12.1 Å². The largest absolute Gasteiger partial charge is 0.491 e. The molecule has 0 amide bonds. The van der Waals surface area contributed by atoms with Gasteiger partial charge in [0.15, 0.2) is 0 Å². The third kappa shape index (κ3) is 5.19. The molecule has 0 radical (unpaired) electrons. The van der Waals surface area contributed by atoms with Crippen molar-refractivity contribution in [3.05, 3.63) is 29.8 Å². The Kier molecular flexibility index (Phi) is 6.84. The lowest BCUT2D eigenvalue weighted by atomic mass is 9.92. The molecule has 0 fully saturated rings. The molecule has 1 rings (SSSR count). The maximum atomic E-state index is 5.72. The zero-order valence-corrected chi connectivity index (χ0v) is 12.3. The molecule has 3 N–H and O–H groups in total. The predicted molar refractivity (Wildman–Crippen MR) is 77.9 cm³/mol. The van der Waals surface area contributed by atoms with Crippen LogP contribution in [0.3, 0.4) is 0 Å². The lowest BCUT2D eigenvalue weighted by Gasteiger charge is -2.24. The van der Waals surface area contributed by atoms with Gasteiger partial charge in [-0.25, -0.2) is 0 Å². The minimum absolute atomic E-state index is 0.103. The molecule has 2 unspecified atom stereocenters. The Morgan fingerprint density at radius 1 is 1.26 bits per heavy atom. The third-order valence-corrected chi connectivity index (χ3v) is 3.11. The topological polar surface area (TPSA) is 56.5 Å². The molecule has 0 aliphatic rings. The Balaban J connectivity index is 2.79. The summed E-state index contributed by atoms with van der Waals surface area (Å²) >= 11 is 0. The SMILES string of the molecule is COCCC(C)C(NN)c1cccc(OC(C)C)c1. The van der Waals surface area contributed by atoms with Crippen LogP contribution in [0.5, 0.6) is 5.75 Å². The molecular weight excluding hydrogens is 240 g/mol. The summed E-state index contributed by atoms with van der Waals surface area (Å²) in [6, 6.07) is 8.19. The van der Waals surface area contributed by atoms with E-state index in [9.17, 15) is 0 Å². The highest BCUT2D eigenvalue weighted by Gasteiger charge is 2.18. The predicted octanol–water partition coefficient (Wildman–Crippen LogP) is 2.65. The summed E-state index contributed by atoms with van der Waals surface area (Å²) in [5.41, 5.74) is 4.04. The van der Waals surface area contributed by atoms with E-state index in [1.54, 1.807) is 7.11 Å². The van der Waals surface area contributed by atoms with Crippen molar-refractivity contribution in [1.29, 1.82) is 0 Å². The Hall–Kier alpha value is -1.10. The third-order valence-electron chi connectivity index (χ3n) is 3.11. The van der Waals surface area contributed by atoms with Crippen LogP contribution in [-0.2, 0) is 4.74 Å². The van der Waals surface area contributed by atoms with E-state index in [1.807, 2.05) is 32.0 Å². The molecule has 1 aromatic rings. The quantitative estimate of drug-likeness (QED) is 0.561. The number of hydrazine groups is 1. The minimum Gasteiger partial charge on any atom is -0.491 e. The molecule has 0 aromatic heterocycles. The molecule has 108 valence electrons. The highest BCUT2D eigenvalue weighted by molar-refractivity contribution is 5.31. The summed E-state index contributed by atoms with van der Waals surface area (Å²) in [5.74, 6) is 6.97. The van der Waals surface area contributed by atoms with Crippen LogP contribution in [0.4, 0.5) is 0 Å². The minimum atomic E-state index is 0.103. The first-order valence-electron chi connectivity index (χ1n) is 6.80. The van der Waals surface area contributed by atoms with Crippen molar-refractivity contribution in [3.8, 4) is 5.75 Å². The maximum absolute atomic E-state index is 5.72. The molecule has 19 heavy (non-hydrogen) atoms. The van der Waals surface area contributed by atoms with Crippen molar-refractivity contribution >= 4 is 0 Å². The van der Waals surface area contributed by atoms with Gasteiger partial charge in [0.2, 0.25) is 0 Å². The first kappa shape index (κ1) is 16.0. The monoisotopic (exact) mass is 266 g/mol. The number of nitrogens with one attached hydrogen (secondary N) is 1. The van der Waals surface area contributed by atoms with Crippen LogP contribution in [0.25, 0.3) is 0 Å². The van der Waals surface area contributed by atoms with Crippen LogP contribution in [0.1, 0.15) is 38.8 Å². The van der Waals surface area contributed by atoms with Crippen molar-refractivity contribution in [3.63, 3.8) is 0 Å². The van der Waals surface area contributed by atoms with E-state index in [0.717, 1.165) is 24.3 Å². The molecule has 4 heteroatoms. The number of nitrogens with two attached hydrogens (primary N) is 1. The van der Waals surface area contributed by atoms with Crippen molar-refractivity contribution in [1.82, 2.24) is 5.43 Å². The summed E-state index contributed by atoms with van der Waals surface area (Å²) in [6.07, 6.45) is 1.13. The highest BCUT2D eigenvalue weighted by Crippen LogP contribution is 2.26. The Bertz CT molecular complexity index is 369. The van der Waals surface area contributed by atoms with Gasteiger partial charge in [-0.05, 0) is 43.9 Å². The molecule has 0 spiro atoms. The van der Waals surface area contributed by atoms with Gasteiger partial charge in [-0.2, -0.15) is 0 Å². The van der Waals surface area contributed by atoms with Crippen LogP contribution in [0.15, 0.2) is 24.3 Å². The maximum Gasteiger partial charge on any atom is 0.120 e. The van der Waals surface area contributed by atoms with E-state index in [4.69, 9.17) is 15.3 Å². The molecule has 0 saturated carbocycles. The van der Waals surface area contributed by atoms with E-state index in [0.29, 0.717) is 5.92 Å². The average Bonchev–Trinajstić information content (AvgIpc) is 2.37. The van der Waals surface area contributed by atoms with Crippen molar-refractivity contribution in [2.75, 3.05) is 13.7 Å². The van der Waals surface area contributed by atoms with Crippen LogP contribution in [0, 0.1) is 5.92 Å². The van der Waals surface area contributed by atoms with Crippen LogP contribution in [0.2, 0.25) is 0 Å². The number of benzene rings is 1. The average molecular weight is 266 g/mol. The second kappa shape index (κ2) is 8.15. The molecule has 0 aliphatic carbocycles. The molecule has 4 nitrogen and oxygen atoms in total. The number of hydrogen-bond donors (Lipinski definition) is 2. The fourth-order valence-corrected chi connectivity index (χ4v) is 2.11. The second-order valence-corrected chi connectivity index (χ2v) is 5.14. The van der Waals surface area contributed by atoms with Gasteiger partial charge in [0.25, 0.3) is 0 Å². The molecule has 0 bridgehead atoms. The van der Waals surface area contributed by atoms with Gasteiger partial charge in [-0.15, -0.1) is 0 Å². The van der Waals surface area contributed by atoms with Gasteiger partial charge in [-0.1, -0.05) is 19.1 Å². The van der Waals surface area contributed by atoms with Crippen LogP contribution < -0.4 is 16.0 Å². The second-order valence-electron chi connectivity index (χ2n) is 5.14. The summed E-state index contributed by atoms with van der Waals surface area (Å²) in [5, 5.41) is 0. The Morgan fingerprint density at radius 3 is 2.58 bits per heavy atom. The standard InChI is InChI=1S/C15H26N2O2/c1-11(2)19-14-7-5-6-13(10-14)15(17-16)12(3)8-9-18-4/h5-7,10-12,15,17H,8-9,16H2,1-4H3. The van der Waals surface area contributed by atoms with Gasteiger partial charge in [0.1, 0.15) is 5.75 Å². The zero-order chi connectivity index (χ0) is 14.3. The summed E-state index contributed by atoms with van der Waals surface area (Å²) in [7, 11) is 1.72. The van der Waals surface area contributed by atoms with Gasteiger partial charge < -0.3 is 9.47 Å². The fraction of sp³-hybridized carbons (Fsp3) is 0.600. The van der Waals surface area contributed by atoms with E-state index in [1.165, 1.54) is 0 Å². The van der Waals surface area contributed by atoms with E-state index >= 15 is 0 Å². The number of hydrogen-bond acceptors (Lipinski definition) is 4. The number of methoxy groups -OCH3 is 1. The molecular formula is C15H26N2O2. The van der Waals surface area contributed by atoms with Gasteiger partial charge in [-0.3, -0.25) is 11.3 Å². The smallest absolute Gasteiger partial charge is 0.120 e. The lowest BCUT2D eigenvalue weighted by Crippen LogP contribution is -2.33. The van der Waals surface area contributed by atoms with Gasteiger partial charge >= 0.3 is 0 Å². The van der Waals surface area contributed by atoms with Crippen LogP contribution in [-0.4, -0.2) is 19.8 Å². The van der Waals surface area contributed by atoms with Crippen molar-refractivity contribution in [2.24, 2.45) is 11.8 Å². The molecule has 0 saturated heterocycles. The lowest BCUT2D eigenvalue weighted by molar-refractivity contribution is 0.170. The van der Waals surface area contributed by atoms with Crippen molar-refractivity contribution < 1.29 is 9.47 Å². The first-order valence-corrected chi connectivity index (χ1v) is 6.80. The Morgan fingerprint density at radius 2 is 2.00 bits per heavy atom. The fourth-order valence-electron chi connectivity index (χ4n) is 2.11. The van der Waals surface area contributed by atoms with Gasteiger partial charge in [0.05, 0.1) is 6.10 Å². The number of ether oxygens (including phenoxy) is 2. The highest BCUT2D eigenvalue weighted by atomic mass is 16.5. The zero-order valence-electron chi connectivity index (χ0n) is 12.3. The van der Waals surface area contributed by atoms with Gasteiger partial charge in [0, 0.05) is 19.8 Å². The molecule has 2 atom stereocenters.